The van der Waals surface area contributed by atoms with Crippen molar-refractivity contribution in [3.63, 3.8) is 0 Å². The molecule has 3 rings (SSSR count). The van der Waals surface area contributed by atoms with Crippen LogP contribution < -0.4 is 10.1 Å². The first kappa shape index (κ1) is 19.9. The Hall–Kier alpha value is -1.83. The van der Waals surface area contributed by atoms with Gasteiger partial charge >= 0.3 is 6.18 Å². The lowest BCUT2D eigenvalue weighted by atomic mass is 9.94. The summed E-state index contributed by atoms with van der Waals surface area (Å²) in [6.07, 6.45) is -4.50. The van der Waals surface area contributed by atoms with Crippen LogP contribution in [0.3, 0.4) is 0 Å². The summed E-state index contributed by atoms with van der Waals surface area (Å²) >= 11 is 6.30. The molecule has 1 unspecified atom stereocenters. The molecule has 1 heterocycles. The second-order valence-electron chi connectivity index (χ2n) is 6.31. The van der Waals surface area contributed by atoms with Crippen molar-refractivity contribution < 1.29 is 22.3 Å². The number of rotatable bonds is 4. The van der Waals surface area contributed by atoms with E-state index in [2.05, 4.69) is 5.32 Å². The zero-order valence-corrected chi connectivity index (χ0v) is 15.4. The van der Waals surface area contributed by atoms with E-state index in [4.69, 9.17) is 16.3 Å². The van der Waals surface area contributed by atoms with Crippen molar-refractivity contribution in [2.45, 2.75) is 12.2 Å². The standard InChI is InChI=1S/C19H19ClF4N2O/c1-27-17-5-3-13(21)11-15(17)18(26-8-6-25-7-9-26)14-10-12(19(22,23)24)2-4-16(14)20/h2-5,10-11,18,25H,6-9H2,1H3. The molecule has 2 aromatic rings. The number of ether oxygens (including phenoxy) is 1. The van der Waals surface area contributed by atoms with Crippen LogP contribution in [-0.4, -0.2) is 38.2 Å². The zero-order valence-electron chi connectivity index (χ0n) is 14.6. The number of piperazine rings is 1. The molecule has 146 valence electrons. The van der Waals surface area contributed by atoms with E-state index in [9.17, 15) is 17.6 Å². The summed E-state index contributed by atoms with van der Waals surface area (Å²) in [4.78, 5) is 1.98. The summed E-state index contributed by atoms with van der Waals surface area (Å²) < 4.78 is 59.2. The monoisotopic (exact) mass is 402 g/mol. The summed E-state index contributed by atoms with van der Waals surface area (Å²) in [6, 6.07) is 6.59. The van der Waals surface area contributed by atoms with E-state index in [1.807, 2.05) is 4.90 Å². The van der Waals surface area contributed by atoms with Gasteiger partial charge in [0.1, 0.15) is 11.6 Å². The summed E-state index contributed by atoms with van der Waals surface area (Å²) in [7, 11) is 1.44. The molecule has 27 heavy (non-hydrogen) atoms. The van der Waals surface area contributed by atoms with Gasteiger partial charge in [-0.2, -0.15) is 13.2 Å². The maximum absolute atomic E-state index is 14.0. The van der Waals surface area contributed by atoms with Gasteiger partial charge in [0.15, 0.2) is 0 Å². The molecule has 0 amide bonds. The summed E-state index contributed by atoms with van der Waals surface area (Å²) in [5.74, 6) is -0.0950. The minimum absolute atomic E-state index is 0.192. The van der Waals surface area contributed by atoms with Crippen molar-refractivity contribution in [3.8, 4) is 5.75 Å². The van der Waals surface area contributed by atoms with Crippen LogP contribution in [0, 0.1) is 5.82 Å². The van der Waals surface area contributed by atoms with Crippen LogP contribution in [0.2, 0.25) is 5.02 Å². The largest absolute Gasteiger partial charge is 0.496 e. The maximum atomic E-state index is 14.0. The van der Waals surface area contributed by atoms with Crippen LogP contribution >= 0.6 is 11.6 Å². The third-order valence-electron chi connectivity index (χ3n) is 4.62. The number of nitrogens with zero attached hydrogens (tertiary/aromatic N) is 1. The smallest absolute Gasteiger partial charge is 0.416 e. The van der Waals surface area contributed by atoms with Gasteiger partial charge in [0.25, 0.3) is 0 Å². The van der Waals surface area contributed by atoms with Crippen LogP contribution in [0.1, 0.15) is 22.7 Å². The Kier molecular flexibility index (Phi) is 5.93. The molecular formula is C19H19ClF4N2O. The fraction of sp³-hybridized carbons (Fsp3) is 0.368. The number of nitrogens with one attached hydrogen (secondary N) is 1. The van der Waals surface area contributed by atoms with Crippen LogP contribution in [0.4, 0.5) is 17.6 Å². The van der Waals surface area contributed by atoms with Crippen LogP contribution in [-0.2, 0) is 6.18 Å². The second-order valence-corrected chi connectivity index (χ2v) is 6.72. The maximum Gasteiger partial charge on any atom is 0.416 e. The average Bonchev–Trinajstić information content (AvgIpc) is 2.64. The van der Waals surface area contributed by atoms with Crippen molar-refractivity contribution >= 4 is 11.6 Å². The quantitative estimate of drug-likeness (QED) is 0.762. The molecule has 3 nitrogen and oxygen atoms in total. The Morgan fingerprint density at radius 2 is 1.78 bits per heavy atom. The van der Waals surface area contributed by atoms with Gasteiger partial charge in [0, 0.05) is 36.8 Å². The highest BCUT2D eigenvalue weighted by molar-refractivity contribution is 6.31. The first-order valence-electron chi connectivity index (χ1n) is 8.46. The van der Waals surface area contributed by atoms with Crippen LogP contribution in [0.5, 0.6) is 5.75 Å². The molecule has 0 bridgehead atoms. The van der Waals surface area contributed by atoms with E-state index < -0.39 is 23.6 Å². The highest BCUT2D eigenvalue weighted by atomic mass is 35.5. The molecule has 1 aliphatic heterocycles. The predicted molar refractivity (Wildman–Crippen MR) is 95.7 cm³/mol. The first-order chi connectivity index (χ1) is 12.8. The van der Waals surface area contributed by atoms with E-state index in [1.165, 1.54) is 31.4 Å². The molecule has 0 aliphatic carbocycles. The van der Waals surface area contributed by atoms with Crippen molar-refractivity contribution in [1.29, 1.82) is 0 Å². The summed E-state index contributed by atoms with van der Waals surface area (Å²) in [6.45, 7) is 2.50. The van der Waals surface area contributed by atoms with E-state index in [-0.39, 0.29) is 10.6 Å². The number of methoxy groups -OCH3 is 1. The van der Waals surface area contributed by atoms with Gasteiger partial charge in [-0.1, -0.05) is 11.6 Å². The van der Waals surface area contributed by atoms with Crippen LogP contribution in [0.15, 0.2) is 36.4 Å². The fourth-order valence-corrected chi connectivity index (χ4v) is 3.57. The van der Waals surface area contributed by atoms with Crippen molar-refractivity contribution in [3.05, 3.63) is 63.9 Å². The first-order valence-corrected chi connectivity index (χ1v) is 8.84. The summed E-state index contributed by atoms with van der Waals surface area (Å²) in [5, 5.41) is 3.40. The van der Waals surface area contributed by atoms with Gasteiger partial charge in [-0.15, -0.1) is 0 Å². The molecule has 2 aromatic carbocycles. The molecule has 1 saturated heterocycles. The molecule has 0 saturated carbocycles. The van der Waals surface area contributed by atoms with Crippen molar-refractivity contribution in [2.24, 2.45) is 0 Å². The lowest BCUT2D eigenvalue weighted by Gasteiger charge is -2.36. The predicted octanol–water partition coefficient (Wildman–Crippen LogP) is 4.50. The normalized spacial score (nSPS) is 17.0. The minimum atomic E-state index is -4.50. The summed E-state index contributed by atoms with van der Waals surface area (Å²) in [5.41, 5.74) is -0.0738. The third-order valence-corrected chi connectivity index (χ3v) is 4.97. The average molecular weight is 403 g/mol. The molecule has 1 aliphatic rings. The van der Waals surface area contributed by atoms with Gasteiger partial charge in [-0.05, 0) is 42.0 Å². The minimum Gasteiger partial charge on any atom is -0.496 e. The van der Waals surface area contributed by atoms with Crippen molar-refractivity contribution in [1.82, 2.24) is 10.2 Å². The SMILES string of the molecule is COc1ccc(F)cc1C(c1cc(C(F)(F)F)ccc1Cl)N1CCNCC1. The Bertz CT molecular complexity index is 807. The number of alkyl halides is 3. The van der Waals surface area contributed by atoms with Crippen molar-refractivity contribution in [2.75, 3.05) is 33.3 Å². The molecule has 8 heteroatoms. The van der Waals surface area contributed by atoms with E-state index in [0.717, 1.165) is 12.1 Å². The zero-order chi connectivity index (χ0) is 19.6. The second kappa shape index (κ2) is 8.04. The lowest BCUT2D eigenvalue weighted by Crippen LogP contribution is -2.45. The molecular weight excluding hydrogens is 384 g/mol. The van der Waals surface area contributed by atoms with Crippen LogP contribution in [0.25, 0.3) is 0 Å². The van der Waals surface area contributed by atoms with Gasteiger partial charge in [-0.25, -0.2) is 4.39 Å². The number of benzene rings is 2. The van der Waals surface area contributed by atoms with E-state index >= 15 is 0 Å². The molecule has 1 fully saturated rings. The molecule has 0 spiro atoms. The number of halogens is 5. The van der Waals surface area contributed by atoms with Gasteiger partial charge < -0.3 is 10.1 Å². The number of hydrogen-bond acceptors (Lipinski definition) is 3. The van der Waals surface area contributed by atoms with Gasteiger partial charge in [0.05, 0.1) is 18.7 Å². The molecule has 0 aromatic heterocycles. The van der Waals surface area contributed by atoms with Gasteiger partial charge in [0.2, 0.25) is 0 Å². The Morgan fingerprint density at radius 1 is 1.07 bits per heavy atom. The molecule has 0 radical (unpaired) electrons. The Labute approximate surface area is 159 Å². The Balaban J connectivity index is 2.18. The molecule has 1 N–H and O–H groups in total. The number of hydrogen-bond donors (Lipinski definition) is 1. The van der Waals surface area contributed by atoms with Gasteiger partial charge in [-0.3, -0.25) is 4.90 Å². The Morgan fingerprint density at radius 3 is 2.41 bits per heavy atom. The highest BCUT2D eigenvalue weighted by Gasteiger charge is 2.34. The molecule has 1 atom stereocenters. The third kappa shape index (κ3) is 4.36. The lowest BCUT2D eigenvalue weighted by molar-refractivity contribution is -0.137. The topological polar surface area (TPSA) is 24.5 Å². The van der Waals surface area contributed by atoms with E-state index in [0.29, 0.717) is 37.5 Å². The highest BCUT2D eigenvalue weighted by Crippen LogP contribution is 2.41. The van der Waals surface area contributed by atoms with E-state index in [1.54, 1.807) is 0 Å². The fourth-order valence-electron chi connectivity index (χ4n) is 3.35.